The molecule has 4 aromatic rings. The fraction of sp³-hybridized carbons (Fsp3) is 0.0400. The summed E-state index contributed by atoms with van der Waals surface area (Å²) < 4.78 is 5.62. The standard InChI is InChI=1S/C25H19ClN2O3/c26-23-11-4-3-10-22(23)25(30)28-20-9-5-8-19(15-20)27-24(29)16-31-21-13-12-17-6-1-2-7-18(17)14-21/h1-15H,16H2,(H,27,29)(H,28,30). The van der Waals surface area contributed by atoms with Gasteiger partial charge in [0.15, 0.2) is 6.61 Å². The average Bonchev–Trinajstić information content (AvgIpc) is 2.78. The Hall–Kier alpha value is -3.83. The van der Waals surface area contributed by atoms with Crippen LogP contribution in [0.25, 0.3) is 10.8 Å². The summed E-state index contributed by atoms with van der Waals surface area (Å²) in [5, 5.41) is 8.08. The smallest absolute Gasteiger partial charge is 0.262 e. The molecule has 6 heteroatoms. The molecule has 0 atom stereocenters. The molecule has 5 nitrogen and oxygen atoms in total. The number of fused-ring (bicyclic) bond motifs is 1. The van der Waals surface area contributed by atoms with Gasteiger partial charge in [-0.15, -0.1) is 0 Å². The van der Waals surface area contributed by atoms with Gasteiger partial charge in [0.1, 0.15) is 5.75 Å². The number of hydrogen-bond donors (Lipinski definition) is 2. The molecule has 2 amide bonds. The summed E-state index contributed by atoms with van der Waals surface area (Å²) in [6.07, 6.45) is 0. The number of halogens is 1. The van der Waals surface area contributed by atoms with Gasteiger partial charge in [0, 0.05) is 11.4 Å². The van der Waals surface area contributed by atoms with Crippen molar-refractivity contribution >= 4 is 45.6 Å². The summed E-state index contributed by atoms with van der Waals surface area (Å²) in [5.41, 5.74) is 1.46. The predicted octanol–water partition coefficient (Wildman–Crippen LogP) is 5.76. The van der Waals surface area contributed by atoms with E-state index in [0.717, 1.165) is 10.8 Å². The van der Waals surface area contributed by atoms with Gasteiger partial charge in [-0.25, -0.2) is 0 Å². The van der Waals surface area contributed by atoms with Crippen LogP contribution in [0.3, 0.4) is 0 Å². The molecule has 0 saturated heterocycles. The van der Waals surface area contributed by atoms with Gasteiger partial charge in [-0.2, -0.15) is 0 Å². The van der Waals surface area contributed by atoms with Crippen LogP contribution in [-0.2, 0) is 4.79 Å². The monoisotopic (exact) mass is 430 g/mol. The van der Waals surface area contributed by atoms with Crippen LogP contribution in [0.1, 0.15) is 10.4 Å². The lowest BCUT2D eigenvalue weighted by Gasteiger charge is -2.10. The first-order valence-electron chi connectivity index (χ1n) is 9.66. The van der Waals surface area contributed by atoms with E-state index in [9.17, 15) is 9.59 Å². The number of benzene rings is 4. The average molecular weight is 431 g/mol. The quantitative estimate of drug-likeness (QED) is 0.408. The van der Waals surface area contributed by atoms with E-state index in [4.69, 9.17) is 16.3 Å². The summed E-state index contributed by atoms with van der Waals surface area (Å²) in [6.45, 7) is -0.130. The number of hydrogen-bond acceptors (Lipinski definition) is 3. The molecule has 0 spiro atoms. The fourth-order valence-corrected chi connectivity index (χ4v) is 3.34. The van der Waals surface area contributed by atoms with E-state index in [1.165, 1.54) is 0 Å². The number of amides is 2. The van der Waals surface area contributed by atoms with Crippen molar-refractivity contribution in [3.8, 4) is 5.75 Å². The molecule has 0 unspecified atom stereocenters. The van der Waals surface area contributed by atoms with Crippen molar-refractivity contribution in [3.63, 3.8) is 0 Å². The number of nitrogens with one attached hydrogen (secondary N) is 2. The van der Waals surface area contributed by atoms with E-state index >= 15 is 0 Å². The molecule has 31 heavy (non-hydrogen) atoms. The predicted molar refractivity (Wildman–Crippen MR) is 124 cm³/mol. The third-order valence-corrected chi connectivity index (χ3v) is 4.94. The lowest BCUT2D eigenvalue weighted by molar-refractivity contribution is -0.118. The molecule has 4 rings (SSSR count). The highest BCUT2D eigenvalue weighted by Gasteiger charge is 2.11. The Morgan fingerprint density at radius 1 is 0.742 bits per heavy atom. The minimum absolute atomic E-state index is 0.130. The first-order valence-corrected chi connectivity index (χ1v) is 10.0. The van der Waals surface area contributed by atoms with Crippen molar-refractivity contribution in [2.24, 2.45) is 0 Å². The van der Waals surface area contributed by atoms with Gasteiger partial charge in [0.05, 0.1) is 10.6 Å². The van der Waals surface area contributed by atoms with Gasteiger partial charge in [0.25, 0.3) is 11.8 Å². The molecule has 0 heterocycles. The van der Waals surface area contributed by atoms with E-state index in [1.807, 2.05) is 42.5 Å². The summed E-state index contributed by atoms with van der Waals surface area (Å²) >= 11 is 6.07. The van der Waals surface area contributed by atoms with Crippen molar-refractivity contribution in [3.05, 3.63) is 102 Å². The van der Waals surface area contributed by atoms with Gasteiger partial charge in [-0.1, -0.05) is 60.1 Å². The highest BCUT2D eigenvalue weighted by Crippen LogP contribution is 2.21. The Balaban J connectivity index is 1.36. The van der Waals surface area contributed by atoms with E-state index < -0.39 is 0 Å². The molecule has 2 N–H and O–H groups in total. The molecule has 0 aliphatic rings. The van der Waals surface area contributed by atoms with Crippen LogP contribution in [0.5, 0.6) is 5.75 Å². The fourth-order valence-electron chi connectivity index (χ4n) is 3.12. The number of carbonyl (C=O) groups excluding carboxylic acids is 2. The molecule has 0 bridgehead atoms. The number of rotatable bonds is 6. The summed E-state index contributed by atoms with van der Waals surface area (Å²) in [7, 11) is 0. The molecule has 0 aliphatic heterocycles. The normalized spacial score (nSPS) is 10.5. The van der Waals surface area contributed by atoms with Crippen LogP contribution in [0.2, 0.25) is 5.02 Å². The maximum absolute atomic E-state index is 12.4. The van der Waals surface area contributed by atoms with Crippen molar-refractivity contribution < 1.29 is 14.3 Å². The Labute approximate surface area is 184 Å². The zero-order valence-corrected chi connectivity index (χ0v) is 17.2. The maximum atomic E-state index is 12.4. The topological polar surface area (TPSA) is 67.4 Å². The molecule has 4 aromatic carbocycles. The summed E-state index contributed by atoms with van der Waals surface area (Å²) in [6, 6.07) is 27.3. The second-order valence-corrected chi connectivity index (χ2v) is 7.27. The largest absolute Gasteiger partial charge is 0.484 e. The molecule has 0 aliphatic carbocycles. The minimum Gasteiger partial charge on any atom is -0.484 e. The van der Waals surface area contributed by atoms with Gasteiger partial charge < -0.3 is 15.4 Å². The van der Waals surface area contributed by atoms with Crippen LogP contribution in [-0.4, -0.2) is 18.4 Å². The zero-order valence-electron chi connectivity index (χ0n) is 16.5. The van der Waals surface area contributed by atoms with Gasteiger partial charge in [-0.3, -0.25) is 9.59 Å². The Morgan fingerprint density at radius 3 is 2.26 bits per heavy atom. The summed E-state index contributed by atoms with van der Waals surface area (Å²) in [4.78, 5) is 24.7. The van der Waals surface area contributed by atoms with E-state index in [-0.39, 0.29) is 18.4 Å². The Morgan fingerprint density at radius 2 is 1.45 bits per heavy atom. The number of carbonyl (C=O) groups is 2. The van der Waals surface area contributed by atoms with Crippen molar-refractivity contribution in [1.82, 2.24) is 0 Å². The van der Waals surface area contributed by atoms with Gasteiger partial charge >= 0.3 is 0 Å². The molecule has 0 fully saturated rings. The van der Waals surface area contributed by atoms with E-state index in [2.05, 4.69) is 10.6 Å². The molecule has 154 valence electrons. The van der Waals surface area contributed by atoms with Crippen molar-refractivity contribution in [2.75, 3.05) is 17.2 Å². The third-order valence-electron chi connectivity index (χ3n) is 4.61. The lowest BCUT2D eigenvalue weighted by atomic mass is 10.1. The molecule has 0 saturated carbocycles. The molecular weight excluding hydrogens is 412 g/mol. The zero-order chi connectivity index (χ0) is 21.6. The molecule has 0 radical (unpaired) electrons. The number of anilines is 2. The van der Waals surface area contributed by atoms with Crippen LogP contribution >= 0.6 is 11.6 Å². The van der Waals surface area contributed by atoms with Crippen LogP contribution < -0.4 is 15.4 Å². The molecule has 0 aromatic heterocycles. The van der Waals surface area contributed by atoms with Crippen molar-refractivity contribution in [2.45, 2.75) is 0 Å². The first kappa shape index (κ1) is 20.4. The Kier molecular flexibility index (Phi) is 6.15. The highest BCUT2D eigenvalue weighted by molar-refractivity contribution is 6.34. The SMILES string of the molecule is O=C(COc1ccc2ccccc2c1)Nc1cccc(NC(=O)c2ccccc2Cl)c1. The van der Waals surface area contributed by atoms with Crippen LogP contribution in [0.15, 0.2) is 91.0 Å². The summed E-state index contributed by atoms with van der Waals surface area (Å²) in [5.74, 6) is -0.00828. The van der Waals surface area contributed by atoms with Crippen LogP contribution in [0, 0.1) is 0 Å². The van der Waals surface area contributed by atoms with Crippen LogP contribution in [0.4, 0.5) is 11.4 Å². The lowest BCUT2D eigenvalue weighted by Crippen LogP contribution is -2.20. The Bertz CT molecular complexity index is 1260. The van der Waals surface area contributed by atoms with Crippen molar-refractivity contribution in [1.29, 1.82) is 0 Å². The van der Waals surface area contributed by atoms with E-state index in [1.54, 1.807) is 48.5 Å². The number of ether oxygens (including phenoxy) is 1. The first-order chi connectivity index (χ1) is 15.1. The van der Waals surface area contributed by atoms with Gasteiger partial charge in [-0.05, 0) is 53.2 Å². The third kappa shape index (κ3) is 5.21. The maximum Gasteiger partial charge on any atom is 0.262 e. The second-order valence-electron chi connectivity index (χ2n) is 6.86. The van der Waals surface area contributed by atoms with E-state index in [0.29, 0.717) is 27.7 Å². The minimum atomic E-state index is -0.325. The van der Waals surface area contributed by atoms with Gasteiger partial charge in [0.2, 0.25) is 0 Å². The highest BCUT2D eigenvalue weighted by atomic mass is 35.5. The second kappa shape index (κ2) is 9.32. The molecular formula is C25H19ClN2O3.